The van der Waals surface area contributed by atoms with E-state index in [1.807, 2.05) is 0 Å². The minimum atomic E-state index is -1.01. The van der Waals surface area contributed by atoms with Crippen LogP contribution in [0.1, 0.15) is 65.7 Å². The Morgan fingerprint density at radius 2 is 1.72 bits per heavy atom. The number of piperidine rings is 1. The van der Waals surface area contributed by atoms with Gasteiger partial charge in [-0.1, -0.05) is 6.42 Å². The number of aliphatic imine (C=N–C) groups is 2. The van der Waals surface area contributed by atoms with Gasteiger partial charge in [0, 0.05) is 12.1 Å². The number of imide groups is 2. The van der Waals surface area contributed by atoms with Crippen LogP contribution in [0, 0.1) is 0 Å². The lowest BCUT2D eigenvalue weighted by Gasteiger charge is -2.45. The van der Waals surface area contributed by atoms with Gasteiger partial charge in [-0.2, -0.15) is 4.99 Å². The summed E-state index contributed by atoms with van der Waals surface area (Å²) in [6.07, 6.45) is 4.62. The van der Waals surface area contributed by atoms with E-state index in [0.717, 1.165) is 37.0 Å². The van der Waals surface area contributed by atoms with E-state index in [1.54, 1.807) is 23.1 Å². The highest BCUT2D eigenvalue weighted by atomic mass is 16.2. The fourth-order valence-corrected chi connectivity index (χ4v) is 5.09. The summed E-state index contributed by atoms with van der Waals surface area (Å²) >= 11 is 0. The number of nitrogens with one attached hydrogen (secondary N) is 1. The summed E-state index contributed by atoms with van der Waals surface area (Å²) in [5.41, 5.74) is 12.5. The van der Waals surface area contributed by atoms with Crippen molar-refractivity contribution in [2.75, 3.05) is 4.90 Å². The summed E-state index contributed by atoms with van der Waals surface area (Å²) in [5, 5.41) is 2.19. The van der Waals surface area contributed by atoms with Gasteiger partial charge in [-0.3, -0.25) is 34.3 Å². The molecule has 5 rings (SSSR count). The lowest BCUT2D eigenvalue weighted by molar-refractivity contribution is -0.136. The molecule has 3 heterocycles. The number of nitrogens with two attached hydrogens (primary N) is 2. The fraction of sp³-hybridized carbons (Fsp3) is 0.429. The van der Waals surface area contributed by atoms with E-state index in [1.165, 1.54) is 0 Å². The minimum Gasteiger partial charge on any atom is -0.369 e. The first kappa shape index (κ1) is 20.2. The molecule has 0 radical (unpaired) electrons. The van der Waals surface area contributed by atoms with Gasteiger partial charge >= 0.3 is 0 Å². The molecule has 1 saturated heterocycles. The van der Waals surface area contributed by atoms with Crippen molar-refractivity contribution in [2.45, 2.75) is 56.7 Å². The van der Waals surface area contributed by atoms with Crippen LogP contribution in [0.5, 0.6) is 0 Å². The number of hydrogen-bond donors (Lipinski definition) is 3. The summed E-state index contributed by atoms with van der Waals surface area (Å²) < 4.78 is 0. The molecule has 4 aliphatic rings. The quantitative estimate of drug-likeness (QED) is 0.556. The predicted molar refractivity (Wildman–Crippen MR) is 115 cm³/mol. The maximum absolute atomic E-state index is 13.2. The van der Waals surface area contributed by atoms with Gasteiger partial charge < -0.3 is 11.5 Å². The molecule has 32 heavy (non-hydrogen) atoms. The Morgan fingerprint density at radius 3 is 2.44 bits per heavy atom. The number of anilines is 1. The molecule has 1 unspecified atom stereocenters. The first-order chi connectivity index (χ1) is 15.3. The van der Waals surface area contributed by atoms with Crippen molar-refractivity contribution in [3.8, 4) is 0 Å². The second-order valence-electron chi connectivity index (χ2n) is 8.50. The van der Waals surface area contributed by atoms with Crippen LogP contribution < -0.4 is 21.7 Å². The Labute approximate surface area is 183 Å². The van der Waals surface area contributed by atoms with Crippen LogP contribution >= 0.6 is 0 Å². The average Bonchev–Trinajstić information content (AvgIpc) is 2.98. The summed E-state index contributed by atoms with van der Waals surface area (Å²) in [6, 6.07) is 3.84. The number of benzene rings is 1. The van der Waals surface area contributed by atoms with E-state index in [0.29, 0.717) is 5.69 Å². The number of amides is 4. The molecule has 1 aromatic carbocycles. The molecule has 1 saturated carbocycles. The molecular weight excluding hydrogens is 414 g/mol. The lowest BCUT2D eigenvalue weighted by atomic mass is 9.87. The molecule has 1 aliphatic carbocycles. The van der Waals surface area contributed by atoms with Gasteiger partial charge in [0.15, 0.2) is 0 Å². The monoisotopic (exact) mass is 437 g/mol. The van der Waals surface area contributed by atoms with E-state index >= 15 is 0 Å². The number of nitrogens with zero attached hydrogens (tertiary/aromatic N) is 4. The number of carbonyl (C=O) groups excluding carboxylic acids is 4. The summed E-state index contributed by atoms with van der Waals surface area (Å²) in [4.78, 5) is 61.4. The van der Waals surface area contributed by atoms with E-state index in [-0.39, 0.29) is 35.9 Å². The average molecular weight is 437 g/mol. The van der Waals surface area contributed by atoms with Crippen LogP contribution in [-0.2, 0) is 9.59 Å². The van der Waals surface area contributed by atoms with Gasteiger partial charge in [0.25, 0.3) is 11.8 Å². The van der Waals surface area contributed by atoms with Crippen molar-refractivity contribution < 1.29 is 19.2 Å². The second kappa shape index (κ2) is 7.14. The predicted octanol–water partition coefficient (Wildman–Crippen LogP) is 0.198. The van der Waals surface area contributed by atoms with Crippen LogP contribution in [0.15, 0.2) is 28.2 Å². The Bertz CT molecular complexity index is 1120. The van der Waals surface area contributed by atoms with E-state index in [4.69, 9.17) is 11.5 Å². The zero-order chi connectivity index (χ0) is 22.6. The van der Waals surface area contributed by atoms with Crippen molar-refractivity contribution in [1.29, 1.82) is 0 Å². The topological polar surface area (TPSA) is 164 Å². The van der Waals surface area contributed by atoms with Gasteiger partial charge in [0.2, 0.25) is 23.7 Å². The number of carbonyl (C=O) groups is 4. The van der Waals surface area contributed by atoms with E-state index in [2.05, 4.69) is 15.3 Å². The largest absolute Gasteiger partial charge is 0.369 e. The molecule has 1 atom stereocenters. The number of hydrogen-bond acceptors (Lipinski definition) is 9. The van der Waals surface area contributed by atoms with Crippen molar-refractivity contribution in [1.82, 2.24) is 10.2 Å². The second-order valence-corrected chi connectivity index (χ2v) is 8.50. The number of rotatable bonds is 2. The summed E-state index contributed by atoms with van der Waals surface area (Å²) in [6.45, 7) is 0. The maximum Gasteiger partial charge on any atom is 0.262 e. The third-order valence-electron chi connectivity index (χ3n) is 6.53. The van der Waals surface area contributed by atoms with Crippen molar-refractivity contribution in [3.63, 3.8) is 0 Å². The number of fused-ring (bicyclic) bond motifs is 1. The zero-order valence-corrected chi connectivity index (χ0v) is 17.3. The molecule has 11 nitrogen and oxygen atoms in total. The van der Waals surface area contributed by atoms with Crippen molar-refractivity contribution >= 4 is 41.2 Å². The third-order valence-corrected chi connectivity index (χ3v) is 6.53. The van der Waals surface area contributed by atoms with Crippen LogP contribution in [0.2, 0.25) is 0 Å². The zero-order valence-electron chi connectivity index (χ0n) is 17.3. The molecule has 0 aromatic heterocycles. The number of guanidine groups is 2. The molecular formula is C21H23N7O4. The highest BCUT2D eigenvalue weighted by Crippen LogP contribution is 2.40. The Balaban J connectivity index is 1.52. The van der Waals surface area contributed by atoms with Crippen LogP contribution in [0.4, 0.5) is 5.69 Å². The van der Waals surface area contributed by atoms with Gasteiger partial charge in [-0.15, -0.1) is 0 Å². The van der Waals surface area contributed by atoms with Crippen molar-refractivity contribution in [2.24, 2.45) is 21.5 Å². The lowest BCUT2D eigenvalue weighted by Crippen LogP contribution is -2.58. The molecule has 4 amide bonds. The Hall–Kier alpha value is -3.76. The van der Waals surface area contributed by atoms with Crippen LogP contribution in [-0.4, -0.2) is 52.2 Å². The standard InChI is InChI=1S/C21H23N7O4/c22-19-25-20(23)28(21(26-19)8-2-1-3-9-21)11-4-5-12-13(10-11)18(32)27(17(12)31)14-6-7-15(29)24-16(14)30/h4-5,10,14H,1-3,6-9H2,(H,24,29,30)(H4,22,23,25,26). The van der Waals surface area contributed by atoms with Gasteiger partial charge in [0.1, 0.15) is 11.7 Å². The highest BCUT2D eigenvalue weighted by Gasteiger charge is 2.46. The Kier molecular flexibility index (Phi) is 4.50. The van der Waals surface area contributed by atoms with E-state index in [9.17, 15) is 19.2 Å². The van der Waals surface area contributed by atoms with Crippen LogP contribution in [0.25, 0.3) is 0 Å². The first-order valence-electron chi connectivity index (χ1n) is 10.7. The molecule has 5 N–H and O–H groups in total. The minimum absolute atomic E-state index is 0.0672. The highest BCUT2D eigenvalue weighted by molar-refractivity contribution is 6.24. The summed E-state index contributed by atoms with van der Waals surface area (Å²) in [7, 11) is 0. The smallest absolute Gasteiger partial charge is 0.262 e. The first-order valence-corrected chi connectivity index (χ1v) is 10.7. The van der Waals surface area contributed by atoms with Crippen LogP contribution in [0.3, 0.4) is 0 Å². The maximum atomic E-state index is 13.2. The van der Waals surface area contributed by atoms with E-state index < -0.39 is 35.3 Å². The molecule has 166 valence electrons. The molecule has 1 aromatic rings. The van der Waals surface area contributed by atoms with Gasteiger partial charge in [-0.05, 0) is 50.3 Å². The molecule has 1 spiro atoms. The summed E-state index contributed by atoms with van der Waals surface area (Å²) in [5.74, 6) is -1.89. The molecule has 2 fully saturated rings. The van der Waals surface area contributed by atoms with Gasteiger partial charge in [0.05, 0.1) is 11.1 Å². The molecule has 11 heteroatoms. The normalized spacial score (nSPS) is 24.9. The molecule has 3 aliphatic heterocycles. The fourth-order valence-electron chi connectivity index (χ4n) is 5.09. The SMILES string of the molecule is NC1=NC2(CCCCC2)N(c2ccc3c(c2)C(=O)N(C2CCC(=O)NC2=O)C3=O)C(N)=N1. The molecule has 0 bridgehead atoms. The third kappa shape index (κ3) is 2.95. The van der Waals surface area contributed by atoms with Crippen molar-refractivity contribution in [3.05, 3.63) is 29.3 Å². The Morgan fingerprint density at radius 1 is 1.00 bits per heavy atom. The van der Waals surface area contributed by atoms with Gasteiger partial charge in [-0.25, -0.2) is 4.99 Å².